The molecule has 0 bridgehead atoms. The summed E-state index contributed by atoms with van der Waals surface area (Å²) in [5.74, 6) is -1.70. The Morgan fingerprint density at radius 3 is 2.45 bits per heavy atom. The summed E-state index contributed by atoms with van der Waals surface area (Å²) in [4.78, 5) is 0. The topological polar surface area (TPSA) is 26.0 Å². The van der Waals surface area contributed by atoms with Crippen LogP contribution in [0.25, 0.3) is 0 Å². The molecule has 0 aliphatic heterocycles. The largest absolute Gasteiger partial charge is 0.327 e. The van der Waals surface area contributed by atoms with E-state index in [-0.39, 0.29) is 6.04 Å². The Bertz CT molecular complexity index is 619. The molecule has 5 heteroatoms. The first-order valence-electron chi connectivity index (χ1n) is 6.09. The summed E-state index contributed by atoms with van der Waals surface area (Å²) in [5.41, 5.74) is 7.65. The van der Waals surface area contributed by atoms with Gasteiger partial charge in [-0.05, 0) is 48.2 Å². The van der Waals surface area contributed by atoms with Gasteiger partial charge >= 0.3 is 0 Å². The lowest BCUT2D eigenvalue weighted by atomic mass is 9.99. The molecule has 1 nitrogen and oxygen atoms in total. The number of hydrogen-bond acceptors (Lipinski definition) is 1. The molecule has 1 unspecified atom stereocenters. The molecule has 0 aliphatic carbocycles. The summed E-state index contributed by atoms with van der Waals surface area (Å²) in [5, 5.41) is 0.639. The molecule has 2 N–H and O–H groups in total. The minimum atomic E-state index is -0.851. The van der Waals surface area contributed by atoms with Crippen molar-refractivity contribution in [2.24, 2.45) is 5.73 Å². The van der Waals surface area contributed by atoms with Gasteiger partial charge in [0.2, 0.25) is 0 Å². The van der Waals surface area contributed by atoms with Gasteiger partial charge in [0.1, 0.15) is 0 Å². The van der Waals surface area contributed by atoms with Gasteiger partial charge in [0, 0.05) is 15.5 Å². The SMILES string of the molecule is NC(Cc1ccc(F)c(F)c1)Cc1ccc(Br)cc1Cl. The number of benzene rings is 2. The first-order chi connectivity index (χ1) is 9.45. The molecular formula is C15H13BrClF2N. The van der Waals surface area contributed by atoms with Crippen LogP contribution in [0.4, 0.5) is 8.78 Å². The van der Waals surface area contributed by atoms with Gasteiger partial charge in [0.15, 0.2) is 11.6 Å². The highest BCUT2D eigenvalue weighted by atomic mass is 79.9. The summed E-state index contributed by atoms with van der Waals surface area (Å²) < 4.78 is 26.9. The van der Waals surface area contributed by atoms with E-state index in [0.717, 1.165) is 16.1 Å². The lowest BCUT2D eigenvalue weighted by Gasteiger charge is -2.13. The van der Waals surface area contributed by atoms with Crippen LogP contribution in [0.15, 0.2) is 40.9 Å². The zero-order valence-corrected chi connectivity index (χ0v) is 12.9. The molecule has 0 spiro atoms. The summed E-state index contributed by atoms with van der Waals surface area (Å²) in [6.07, 6.45) is 1.04. The standard InChI is InChI=1S/C15H13BrClF2N/c16-11-3-2-10(13(17)8-11)7-12(20)5-9-1-4-14(18)15(19)6-9/h1-4,6,8,12H,5,7,20H2. The average molecular weight is 361 g/mol. The van der Waals surface area contributed by atoms with Crippen LogP contribution < -0.4 is 5.73 Å². The third-order valence-electron chi connectivity index (χ3n) is 2.98. The van der Waals surface area contributed by atoms with E-state index in [1.54, 1.807) is 12.1 Å². The van der Waals surface area contributed by atoms with Gasteiger partial charge in [-0.3, -0.25) is 0 Å². The molecule has 0 fully saturated rings. The van der Waals surface area contributed by atoms with E-state index < -0.39 is 11.6 Å². The molecule has 2 rings (SSSR count). The quantitative estimate of drug-likeness (QED) is 0.854. The van der Waals surface area contributed by atoms with E-state index in [4.69, 9.17) is 17.3 Å². The monoisotopic (exact) mass is 359 g/mol. The zero-order chi connectivity index (χ0) is 14.7. The predicted molar refractivity (Wildman–Crippen MR) is 80.9 cm³/mol. The van der Waals surface area contributed by atoms with Gasteiger partial charge in [-0.2, -0.15) is 0 Å². The smallest absolute Gasteiger partial charge is 0.159 e. The Kier molecular flexibility index (Phi) is 5.13. The molecule has 0 saturated carbocycles. The highest BCUT2D eigenvalue weighted by Gasteiger charge is 2.10. The molecule has 0 amide bonds. The van der Waals surface area contributed by atoms with Crippen LogP contribution >= 0.6 is 27.5 Å². The Balaban J connectivity index is 2.04. The summed E-state index contributed by atoms with van der Waals surface area (Å²) in [7, 11) is 0. The number of hydrogen-bond donors (Lipinski definition) is 1. The van der Waals surface area contributed by atoms with Crippen LogP contribution in [0.2, 0.25) is 5.02 Å². The molecule has 0 aliphatic rings. The number of nitrogens with two attached hydrogens (primary N) is 1. The van der Waals surface area contributed by atoms with Crippen molar-refractivity contribution in [3.05, 3.63) is 68.7 Å². The Morgan fingerprint density at radius 2 is 1.80 bits per heavy atom. The van der Waals surface area contributed by atoms with Crippen molar-refractivity contribution in [2.45, 2.75) is 18.9 Å². The molecule has 2 aromatic rings. The highest BCUT2D eigenvalue weighted by Crippen LogP contribution is 2.23. The Morgan fingerprint density at radius 1 is 1.05 bits per heavy atom. The Hall–Kier alpha value is -0.970. The molecule has 0 heterocycles. The van der Waals surface area contributed by atoms with Crippen LogP contribution in [0.1, 0.15) is 11.1 Å². The number of halogens is 4. The zero-order valence-electron chi connectivity index (χ0n) is 10.5. The molecule has 1 atom stereocenters. The van der Waals surface area contributed by atoms with Crippen LogP contribution in [0.3, 0.4) is 0 Å². The van der Waals surface area contributed by atoms with Crippen molar-refractivity contribution in [3.63, 3.8) is 0 Å². The van der Waals surface area contributed by atoms with Crippen molar-refractivity contribution in [1.82, 2.24) is 0 Å². The minimum absolute atomic E-state index is 0.210. The fraction of sp³-hybridized carbons (Fsp3) is 0.200. The van der Waals surface area contributed by atoms with E-state index in [1.807, 2.05) is 12.1 Å². The minimum Gasteiger partial charge on any atom is -0.327 e. The maximum Gasteiger partial charge on any atom is 0.159 e. The van der Waals surface area contributed by atoms with Crippen molar-refractivity contribution >= 4 is 27.5 Å². The summed E-state index contributed by atoms with van der Waals surface area (Å²) in [6.45, 7) is 0. The van der Waals surface area contributed by atoms with E-state index in [0.29, 0.717) is 23.4 Å². The molecular weight excluding hydrogens is 348 g/mol. The highest BCUT2D eigenvalue weighted by molar-refractivity contribution is 9.10. The third-order valence-corrected chi connectivity index (χ3v) is 3.82. The van der Waals surface area contributed by atoms with Crippen LogP contribution in [-0.4, -0.2) is 6.04 Å². The third kappa shape index (κ3) is 4.01. The van der Waals surface area contributed by atoms with Crippen LogP contribution in [0, 0.1) is 11.6 Å². The average Bonchev–Trinajstić information content (AvgIpc) is 2.37. The van der Waals surface area contributed by atoms with E-state index in [2.05, 4.69) is 15.9 Å². The van der Waals surface area contributed by atoms with Gasteiger partial charge in [-0.15, -0.1) is 0 Å². The first-order valence-corrected chi connectivity index (χ1v) is 7.26. The van der Waals surface area contributed by atoms with Crippen molar-refractivity contribution in [3.8, 4) is 0 Å². The van der Waals surface area contributed by atoms with E-state index in [1.165, 1.54) is 6.07 Å². The molecule has 106 valence electrons. The lowest BCUT2D eigenvalue weighted by Crippen LogP contribution is -2.25. The fourth-order valence-electron chi connectivity index (χ4n) is 2.01. The van der Waals surface area contributed by atoms with Gasteiger partial charge in [-0.25, -0.2) is 8.78 Å². The first kappa shape index (κ1) is 15.4. The van der Waals surface area contributed by atoms with Crippen molar-refractivity contribution in [2.75, 3.05) is 0 Å². The molecule has 2 aromatic carbocycles. The van der Waals surface area contributed by atoms with E-state index >= 15 is 0 Å². The fourth-order valence-corrected chi connectivity index (χ4v) is 2.76. The Labute approximate surface area is 129 Å². The summed E-state index contributed by atoms with van der Waals surface area (Å²) in [6, 6.07) is 9.23. The predicted octanol–water partition coefficient (Wildman–Crippen LogP) is 4.49. The van der Waals surface area contributed by atoms with Crippen LogP contribution in [0.5, 0.6) is 0 Å². The molecule has 0 saturated heterocycles. The van der Waals surface area contributed by atoms with Gasteiger partial charge in [0.05, 0.1) is 0 Å². The van der Waals surface area contributed by atoms with Crippen molar-refractivity contribution < 1.29 is 8.78 Å². The number of rotatable bonds is 4. The maximum atomic E-state index is 13.1. The molecule has 0 radical (unpaired) electrons. The van der Waals surface area contributed by atoms with Crippen molar-refractivity contribution in [1.29, 1.82) is 0 Å². The van der Waals surface area contributed by atoms with Gasteiger partial charge in [-0.1, -0.05) is 39.7 Å². The maximum absolute atomic E-state index is 13.1. The van der Waals surface area contributed by atoms with Gasteiger partial charge < -0.3 is 5.73 Å². The second kappa shape index (κ2) is 6.66. The molecule has 0 aromatic heterocycles. The summed E-state index contributed by atoms with van der Waals surface area (Å²) >= 11 is 9.47. The lowest BCUT2D eigenvalue weighted by molar-refractivity contribution is 0.506. The second-order valence-corrected chi connectivity index (χ2v) is 5.98. The normalized spacial score (nSPS) is 12.4. The molecule has 20 heavy (non-hydrogen) atoms. The van der Waals surface area contributed by atoms with Gasteiger partial charge in [0.25, 0.3) is 0 Å². The van der Waals surface area contributed by atoms with Crippen LogP contribution in [-0.2, 0) is 12.8 Å². The van der Waals surface area contributed by atoms with E-state index in [9.17, 15) is 8.78 Å². The second-order valence-electron chi connectivity index (χ2n) is 4.65.